The Kier molecular flexibility index (Phi) is 7.00. The molecule has 2 aromatic carbocycles. The summed E-state index contributed by atoms with van der Waals surface area (Å²) in [7, 11) is 0. The Balaban J connectivity index is 0.00000243. The van der Waals surface area contributed by atoms with Crippen LogP contribution in [0.15, 0.2) is 60.6 Å². The van der Waals surface area contributed by atoms with Crippen molar-refractivity contribution < 1.29 is 14.4 Å². The van der Waals surface area contributed by atoms with Gasteiger partial charge in [0.1, 0.15) is 24.4 Å². The molecule has 26 heavy (non-hydrogen) atoms. The van der Waals surface area contributed by atoms with Gasteiger partial charge in [-0.1, -0.05) is 30.3 Å². The second-order valence-corrected chi connectivity index (χ2v) is 5.95. The monoisotopic (exact) mass is 376 g/mol. The van der Waals surface area contributed by atoms with E-state index in [2.05, 4.69) is 17.0 Å². The molecule has 1 aliphatic rings. The van der Waals surface area contributed by atoms with Gasteiger partial charge in [0.05, 0.1) is 11.5 Å². The summed E-state index contributed by atoms with van der Waals surface area (Å²) in [4.78, 5) is 12.7. The lowest BCUT2D eigenvalue weighted by Crippen LogP contribution is -2.34. The molecule has 1 heterocycles. The lowest BCUT2D eigenvalue weighted by molar-refractivity contribution is -0.385. The van der Waals surface area contributed by atoms with E-state index in [0.29, 0.717) is 24.5 Å². The molecule has 0 atom stereocenters. The Morgan fingerprint density at radius 3 is 2.73 bits per heavy atom. The summed E-state index contributed by atoms with van der Waals surface area (Å²) in [6.45, 7) is 4.69. The Hall–Kier alpha value is -2.57. The molecule has 1 aliphatic heterocycles. The van der Waals surface area contributed by atoms with Gasteiger partial charge in [-0.2, -0.15) is 0 Å². The number of ether oxygens (including phenoxy) is 2. The molecule has 0 N–H and O–H groups in total. The summed E-state index contributed by atoms with van der Waals surface area (Å²) >= 11 is 0. The first-order valence-electron chi connectivity index (χ1n) is 8.11. The van der Waals surface area contributed by atoms with Gasteiger partial charge in [-0.25, -0.2) is 0 Å². The van der Waals surface area contributed by atoms with Crippen molar-refractivity contribution in [1.82, 2.24) is 4.90 Å². The molecule has 1 fully saturated rings. The van der Waals surface area contributed by atoms with E-state index in [-0.39, 0.29) is 18.1 Å². The molecule has 0 bridgehead atoms. The number of hydrogen-bond donors (Lipinski definition) is 0. The first-order chi connectivity index (χ1) is 12.1. The third-order valence-electron chi connectivity index (χ3n) is 4.01. The van der Waals surface area contributed by atoms with E-state index in [9.17, 15) is 10.1 Å². The van der Waals surface area contributed by atoms with Crippen LogP contribution < -0.4 is 4.74 Å². The molecule has 0 aliphatic carbocycles. The first-order valence-corrected chi connectivity index (χ1v) is 8.11. The van der Waals surface area contributed by atoms with Gasteiger partial charge in [0, 0.05) is 24.7 Å². The number of morpholine rings is 1. The zero-order chi connectivity index (χ0) is 17.6. The van der Waals surface area contributed by atoms with Crippen LogP contribution >= 0.6 is 12.4 Å². The van der Waals surface area contributed by atoms with Gasteiger partial charge in [-0.05, 0) is 24.6 Å². The summed E-state index contributed by atoms with van der Waals surface area (Å²) in [5.41, 5.74) is 1.91. The number of aryl methyl sites for hydroxylation is 1. The minimum atomic E-state index is -0.400. The van der Waals surface area contributed by atoms with Crippen molar-refractivity contribution in [3.8, 4) is 5.75 Å². The topological polar surface area (TPSA) is 64.8 Å². The van der Waals surface area contributed by atoms with Crippen molar-refractivity contribution in [3.63, 3.8) is 0 Å². The van der Waals surface area contributed by atoms with E-state index >= 15 is 0 Å². The fourth-order valence-corrected chi connectivity index (χ4v) is 2.74. The lowest BCUT2D eigenvalue weighted by Gasteiger charge is -2.28. The summed E-state index contributed by atoms with van der Waals surface area (Å²) in [6, 6.07) is 15.0. The average Bonchev–Trinajstić information content (AvgIpc) is 2.61. The molecule has 2 aromatic rings. The number of nitro benzene ring substituents is 1. The zero-order valence-electron chi connectivity index (χ0n) is 14.5. The maximum absolute atomic E-state index is 10.9. The zero-order valence-corrected chi connectivity index (χ0v) is 15.3. The number of rotatable bonds is 5. The number of halogens is 1. The fraction of sp³-hybridized carbons (Fsp3) is 0.263. The fourth-order valence-electron chi connectivity index (χ4n) is 2.74. The lowest BCUT2D eigenvalue weighted by atomic mass is 10.2. The Morgan fingerprint density at radius 2 is 2.04 bits per heavy atom. The molecule has 3 rings (SSSR count). The van der Waals surface area contributed by atoms with Gasteiger partial charge in [0.25, 0.3) is 5.69 Å². The quantitative estimate of drug-likeness (QED) is 0.447. The molecule has 0 unspecified atom stereocenters. The van der Waals surface area contributed by atoms with E-state index in [1.807, 2.05) is 18.2 Å². The molecule has 0 aromatic heterocycles. The highest BCUT2D eigenvalue weighted by Gasteiger charge is 2.16. The number of hydrogen-bond acceptors (Lipinski definition) is 5. The minimum absolute atomic E-state index is 0. The van der Waals surface area contributed by atoms with E-state index in [1.165, 1.54) is 11.6 Å². The summed E-state index contributed by atoms with van der Waals surface area (Å²) in [5, 5.41) is 10.9. The van der Waals surface area contributed by atoms with Crippen LogP contribution in [-0.4, -0.2) is 29.5 Å². The van der Waals surface area contributed by atoms with Crippen molar-refractivity contribution in [2.75, 3.05) is 19.7 Å². The van der Waals surface area contributed by atoms with Crippen LogP contribution in [0.2, 0.25) is 0 Å². The second kappa shape index (κ2) is 9.22. The van der Waals surface area contributed by atoms with Crippen LogP contribution in [0.1, 0.15) is 11.1 Å². The summed E-state index contributed by atoms with van der Waals surface area (Å²) in [6.07, 6.45) is 1.58. The van der Waals surface area contributed by atoms with Gasteiger partial charge >= 0.3 is 0 Å². The standard InChI is InChI=1S/C19H20N2O4.ClH/c1-15-11-17(7-8-19(15)21(22)23)25-14-18-13-20(9-10-24-18)12-16-5-3-2-4-6-16;/h2-8,11,14H,9-10,12-13H2,1H3;1H. The largest absolute Gasteiger partial charge is 0.492 e. The molecule has 7 heteroatoms. The maximum Gasteiger partial charge on any atom is 0.272 e. The molecule has 0 saturated carbocycles. The minimum Gasteiger partial charge on any atom is -0.492 e. The third kappa shape index (κ3) is 5.21. The van der Waals surface area contributed by atoms with E-state index in [0.717, 1.165) is 18.8 Å². The number of nitro groups is 1. The van der Waals surface area contributed by atoms with Crippen LogP contribution in [0.4, 0.5) is 5.69 Å². The molecule has 6 nitrogen and oxygen atoms in total. The highest BCUT2D eigenvalue weighted by Crippen LogP contribution is 2.23. The number of benzene rings is 2. The summed E-state index contributed by atoms with van der Waals surface area (Å²) < 4.78 is 11.3. The molecule has 0 spiro atoms. The van der Waals surface area contributed by atoms with Crippen LogP contribution in [0.25, 0.3) is 0 Å². The Labute approximate surface area is 158 Å². The number of nitrogens with zero attached hydrogens (tertiary/aromatic N) is 2. The average molecular weight is 377 g/mol. The van der Waals surface area contributed by atoms with Crippen molar-refractivity contribution in [2.45, 2.75) is 13.5 Å². The highest BCUT2D eigenvalue weighted by atomic mass is 35.5. The van der Waals surface area contributed by atoms with Crippen molar-refractivity contribution in [2.24, 2.45) is 0 Å². The maximum atomic E-state index is 10.9. The van der Waals surface area contributed by atoms with Crippen LogP contribution in [0, 0.1) is 17.0 Å². The van der Waals surface area contributed by atoms with Crippen molar-refractivity contribution >= 4 is 18.1 Å². The van der Waals surface area contributed by atoms with E-state index < -0.39 is 4.92 Å². The molecule has 1 saturated heterocycles. The van der Waals surface area contributed by atoms with Crippen LogP contribution in [0.3, 0.4) is 0 Å². The van der Waals surface area contributed by atoms with Gasteiger partial charge in [-0.15, -0.1) is 12.4 Å². The van der Waals surface area contributed by atoms with Gasteiger partial charge in [0.2, 0.25) is 0 Å². The third-order valence-corrected chi connectivity index (χ3v) is 4.01. The summed E-state index contributed by atoms with van der Waals surface area (Å²) in [5.74, 6) is 1.30. The van der Waals surface area contributed by atoms with Gasteiger partial charge in [-0.3, -0.25) is 15.0 Å². The van der Waals surface area contributed by atoms with Crippen LogP contribution in [0.5, 0.6) is 5.75 Å². The first kappa shape index (κ1) is 19.8. The molecule has 0 amide bonds. The molecular formula is C19H21ClN2O4. The molecular weight excluding hydrogens is 356 g/mol. The van der Waals surface area contributed by atoms with Gasteiger partial charge in [0.15, 0.2) is 0 Å². The smallest absolute Gasteiger partial charge is 0.272 e. The highest BCUT2D eigenvalue weighted by molar-refractivity contribution is 5.85. The SMILES string of the molecule is Cc1cc(OC=C2CN(Cc3ccccc3)CCO2)ccc1[N+](=O)[O-].Cl. The second-order valence-electron chi connectivity index (χ2n) is 5.95. The van der Waals surface area contributed by atoms with Crippen molar-refractivity contribution in [1.29, 1.82) is 0 Å². The van der Waals surface area contributed by atoms with Crippen molar-refractivity contribution in [3.05, 3.63) is 81.8 Å². The normalized spacial score (nSPS) is 15.8. The van der Waals surface area contributed by atoms with E-state index in [1.54, 1.807) is 25.3 Å². The molecule has 0 radical (unpaired) electrons. The van der Waals surface area contributed by atoms with E-state index in [4.69, 9.17) is 9.47 Å². The Bertz CT molecular complexity index is 780. The predicted molar refractivity (Wildman–Crippen MR) is 101 cm³/mol. The molecule has 138 valence electrons. The predicted octanol–water partition coefficient (Wildman–Crippen LogP) is 4.08. The Morgan fingerprint density at radius 1 is 1.27 bits per heavy atom. The van der Waals surface area contributed by atoms with Crippen LogP contribution in [-0.2, 0) is 11.3 Å². The van der Waals surface area contributed by atoms with Gasteiger partial charge < -0.3 is 9.47 Å².